The van der Waals surface area contributed by atoms with Gasteiger partial charge in [-0.25, -0.2) is 4.39 Å². The van der Waals surface area contributed by atoms with Gasteiger partial charge in [-0.15, -0.1) is 10.2 Å². The maximum Gasteiger partial charge on any atom is 0.243 e. The van der Waals surface area contributed by atoms with Gasteiger partial charge >= 0.3 is 0 Å². The smallest absolute Gasteiger partial charge is 0.243 e. The molecule has 0 aliphatic rings. The first-order valence-electron chi connectivity index (χ1n) is 10.1. The summed E-state index contributed by atoms with van der Waals surface area (Å²) in [5, 5.41) is 14.9. The van der Waals surface area contributed by atoms with Crippen molar-refractivity contribution in [2.45, 2.75) is 18.9 Å². The van der Waals surface area contributed by atoms with Crippen molar-refractivity contribution < 1.29 is 9.18 Å². The number of carbonyl (C=O) groups excluding carboxylic acids is 1. The highest BCUT2D eigenvalue weighted by Gasteiger charge is 2.15. The van der Waals surface area contributed by atoms with Crippen molar-refractivity contribution in [2.75, 3.05) is 6.54 Å². The Hall–Kier alpha value is -3.87. The van der Waals surface area contributed by atoms with E-state index in [0.29, 0.717) is 12.1 Å². The molecule has 3 aromatic carbocycles. The Labute approximate surface area is 179 Å². The molecule has 1 aromatic heterocycles. The van der Waals surface area contributed by atoms with Crippen LogP contribution in [0.1, 0.15) is 23.5 Å². The van der Waals surface area contributed by atoms with E-state index >= 15 is 0 Å². The highest BCUT2D eigenvalue weighted by Crippen LogP contribution is 2.27. The number of nitrogens with one attached hydrogen (secondary N) is 1. The van der Waals surface area contributed by atoms with Gasteiger partial charge in [-0.2, -0.15) is 4.80 Å². The molecule has 0 saturated carbocycles. The number of carbonyl (C=O) groups is 1. The molecule has 6 nitrogen and oxygen atoms in total. The molecule has 31 heavy (non-hydrogen) atoms. The molecule has 0 spiro atoms. The summed E-state index contributed by atoms with van der Waals surface area (Å²) in [6, 6.07) is 26.5. The summed E-state index contributed by atoms with van der Waals surface area (Å²) in [5.74, 6) is -0.117. The van der Waals surface area contributed by atoms with Gasteiger partial charge in [-0.05, 0) is 34.9 Å². The second-order valence-corrected chi connectivity index (χ2v) is 7.17. The average Bonchev–Trinajstić information content (AvgIpc) is 3.26. The van der Waals surface area contributed by atoms with Gasteiger partial charge in [0.15, 0.2) is 0 Å². The summed E-state index contributed by atoms with van der Waals surface area (Å²) in [5.41, 5.74) is 2.93. The molecule has 0 unspecified atom stereocenters. The molecule has 0 fully saturated rings. The number of hydrogen-bond acceptors (Lipinski definition) is 4. The van der Waals surface area contributed by atoms with Crippen LogP contribution in [0.3, 0.4) is 0 Å². The largest absolute Gasteiger partial charge is 0.354 e. The van der Waals surface area contributed by atoms with Gasteiger partial charge in [0.2, 0.25) is 11.7 Å². The van der Waals surface area contributed by atoms with E-state index < -0.39 is 0 Å². The van der Waals surface area contributed by atoms with E-state index in [9.17, 15) is 9.18 Å². The normalized spacial score (nSPS) is 10.9. The number of hydrogen-bond donors (Lipinski definition) is 1. The molecule has 1 amide bonds. The number of amides is 1. The van der Waals surface area contributed by atoms with E-state index in [1.165, 1.54) is 28.1 Å². The molecule has 0 saturated heterocycles. The zero-order valence-corrected chi connectivity index (χ0v) is 16.9. The van der Waals surface area contributed by atoms with Crippen molar-refractivity contribution in [3.8, 4) is 11.4 Å². The Morgan fingerprint density at radius 3 is 2.26 bits per heavy atom. The lowest BCUT2D eigenvalue weighted by Gasteiger charge is -2.18. The van der Waals surface area contributed by atoms with Crippen molar-refractivity contribution in [1.82, 2.24) is 25.5 Å². The van der Waals surface area contributed by atoms with E-state index in [2.05, 4.69) is 45.0 Å². The van der Waals surface area contributed by atoms with Crippen molar-refractivity contribution in [2.24, 2.45) is 0 Å². The molecular weight excluding hydrogens is 393 g/mol. The number of aromatic nitrogens is 4. The van der Waals surface area contributed by atoms with Gasteiger partial charge in [-0.1, -0.05) is 72.8 Å². The summed E-state index contributed by atoms with van der Waals surface area (Å²) in [4.78, 5) is 13.6. The lowest BCUT2D eigenvalue weighted by atomic mass is 9.88. The molecule has 0 bridgehead atoms. The Kier molecular flexibility index (Phi) is 6.42. The maximum atomic E-state index is 13.4. The zero-order chi connectivity index (χ0) is 21.5. The van der Waals surface area contributed by atoms with E-state index in [1.54, 1.807) is 12.1 Å². The van der Waals surface area contributed by atoms with Crippen LogP contribution in [0.25, 0.3) is 11.4 Å². The van der Waals surface area contributed by atoms with Crippen molar-refractivity contribution in [1.29, 1.82) is 0 Å². The summed E-state index contributed by atoms with van der Waals surface area (Å²) in [6.45, 7) is 0.461. The number of tetrazole rings is 1. The number of benzene rings is 3. The molecule has 156 valence electrons. The lowest BCUT2D eigenvalue weighted by molar-refractivity contribution is -0.122. The topological polar surface area (TPSA) is 72.7 Å². The predicted molar refractivity (Wildman–Crippen MR) is 116 cm³/mol. The fraction of sp³-hybridized carbons (Fsp3) is 0.167. The SMILES string of the molecule is O=C(Cn1nnc(-c2cccc(F)c2)n1)NCCC(c1ccccc1)c1ccccc1. The minimum atomic E-state index is -0.377. The van der Waals surface area contributed by atoms with E-state index in [1.807, 2.05) is 36.4 Å². The van der Waals surface area contributed by atoms with Crippen LogP contribution in [0.2, 0.25) is 0 Å². The first-order chi connectivity index (χ1) is 15.2. The van der Waals surface area contributed by atoms with E-state index in [-0.39, 0.29) is 30.0 Å². The van der Waals surface area contributed by atoms with Gasteiger partial charge in [0.1, 0.15) is 12.4 Å². The van der Waals surface area contributed by atoms with Gasteiger partial charge in [0.05, 0.1) is 0 Å². The minimum Gasteiger partial charge on any atom is -0.354 e. The van der Waals surface area contributed by atoms with Crippen molar-refractivity contribution in [3.63, 3.8) is 0 Å². The molecule has 1 N–H and O–H groups in total. The molecule has 7 heteroatoms. The van der Waals surface area contributed by atoms with Gasteiger partial charge in [0, 0.05) is 18.0 Å². The quantitative estimate of drug-likeness (QED) is 0.475. The Bertz CT molecular complexity index is 1090. The Morgan fingerprint density at radius 2 is 1.61 bits per heavy atom. The van der Waals surface area contributed by atoms with Crippen LogP contribution >= 0.6 is 0 Å². The van der Waals surface area contributed by atoms with Crippen LogP contribution in [-0.4, -0.2) is 32.7 Å². The Morgan fingerprint density at radius 1 is 0.935 bits per heavy atom. The van der Waals surface area contributed by atoms with E-state index in [4.69, 9.17) is 0 Å². The minimum absolute atomic E-state index is 0.0519. The third kappa shape index (κ3) is 5.39. The highest BCUT2D eigenvalue weighted by atomic mass is 19.1. The molecule has 0 radical (unpaired) electrons. The molecule has 0 aliphatic carbocycles. The summed E-state index contributed by atoms with van der Waals surface area (Å²) >= 11 is 0. The van der Waals surface area contributed by atoms with Crippen LogP contribution in [0.15, 0.2) is 84.9 Å². The molecule has 4 rings (SSSR count). The summed E-state index contributed by atoms with van der Waals surface area (Å²) in [6.07, 6.45) is 0.763. The third-order valence-electron chi connectivity index (χ3n) is 4.98. The summed E-state index contributed by atoms with van der Waals surface area (Å²) < 4.78 is 13.4. The van der Waals surface area contributed by atoms with E-state index in [0.717, 1.165) is 6.42 Å². The molecule has 0 atom stereocenters. The standard InChI is InChI=1S/C24H22FN5O/c25-21-13-7-12-20(16-21)24-27-29-30(28-24)17-23(31)26-15-14-22(18-8-3-1-4-9-18)19-10-5-2-6-11-19/h1-13,16,22H,14-15,17H2,(H,26,31). The number of halogens is 1. The molecule has 4 aromatic rings. The molecule has 0 aliphatic heterocycles. The van der Waals surface area contributed by atoms with Crippen LogP contribution < -0.4 is 5.32 Å². The Balaban J connectivity index is 1.35. The molecule has 1 heterocycles. The zero-order valence-electron chi connectivity index (χ0n) is 16.9. The third-order valence-corrected chi connectivity index (χ3v) is 4.98. The second kappa shape index (κ2) is 9.75. The lowest BCUT2D eigenvalue weighted by Crippen LogP contribution is -2.30. The van der Waals surface area contributed by atoms with Crippen LogP contribution in [0.4, 0.5) is 4.39 Å². The fourth-order valence-electron chi connectivity index (χ4n) is 3.49. The highest BCUT2D eigenvalue weighted by molar-refractivity contribution is 5.75. The average molecular weight is 415 g/mol. The summed E-state index contributed by atoms with van der Waals surface area (Å²) in [7, 11) is 0. The van der Waals surface area contributed by atoms with Crippen LogP contribution in [0.5, 0.6) is 0 Å². The van der Waals surface area contributed by atoms with Crippen molar-refractivity contribution in [3.05, 3.63) is 102 Å². The maximum absolute atomic E-state index is 13.4. The van der Waals surface area contributed by atoms with Crippen LogP contribution in [-0.2, 0) is 11.3 Å². The molecular formula is C24H22FN5O. The van der Waals surface area contributed by atoms with Gasteiger partial charge < -0.3 is 5.32 Å². The number of nitrogens with zero attached hydrogens (tertiary/aromatic N) is 4. The van der Waals surface area contributed by atoms with Gasteiger partial charge in [-0.3, -0.25) is 4.79 Å². The monoisotopic (exact) mass is 415 g/mol. The first-order valence-corrected chi connectivity index (χ1v) is 10.1. The van der Waals surface area contributed by atoms with Crippen molar-refractivity contribution >= 4 is 5.91 Å². The number of rotatable bonds is 8. The second-order valence-electron chi connectivity index (χ2n) is 7.17. The fourth-order valence-corrected chi connectivity index (χ4v) is 3.49. The van der Waals surface area contributed by atoms with Gasteiger partial charge in [0.25, 0.3) is 0 Å². The predicted octanol–water partition coefficient (Wildman–Crippen LogP) is 3.82. The van der Waals surface area contributed by atoms with Crippen LogP contribution in [0, 0.1) is 5.82 Å². The first kappa shape index (κ1) is 20.4.